The Kier molecular flexibility index (Phi) is 8.95. The SMILES string of the molecule is O=S(=O)(O)C(CO)[C-](O)C(O)C(CO)S(=O)(=O)O.[Li+]. The fourth-order valence-electron chi connectivity index (χ4n) is 1.08. The van der Waals surface area contributed by atoms with E-state index in [2.05, 4.69) is 0 Å². The van der Waals surface area contributed by atoms with Crippen molar-refractivity contribution in [3.63, 3.8) is 0 Å². The number of hydrogen-bond acceptors (Lipinski definition) is 8. The Morgan fingerprint density at radius 1 is 0.947 bits per heavy atom. The van der Waals surface area contributed by atoms with Gasteiger partial charge in [-0.3, -0.25) is 9.11 Å². The van der Waals surface area contributed by atoms with Gasteiger partial charge >= 0.3 is 18.9 Å². The van der Waals surface area contributed by atoms with E-state index < -0.39 is 56.2 Å². The Morgan fingerprint density at radius 3 is 1.58 bits per heavy atom. The summed E-state index contributed by atoms with van der Waals surface area (Å²) in [5.41, 5.74) is 0. The van der Waals surface area contributed by atoms with Gasteiger partial charge in [0.15, 0.2) is 0 Å². The van der Waals surface area contributed by atoms with Gasteiger partial charge in [-0.1, -0.05) is 0 Å². The van der Waals surface area contributed by atoms with Gasteiger partial charge in [0, 0.05) is 11.9 Å². The summed E-state index contributed by atoms with van der Waals surface area (Å²) in [6.07, 6.45) is -4.03. The maximum Gasteiger partial charge on any atom is 1.00 e. The van der Waals surface area contributed by atoms with Gasteiger partial charge < -0.3 is 20.4 Å². The maximum absolute atomic E-state index is 10.7. The quantitative estimate of drug-likeness (QED) is 0.150. The van der Waals surface area contributed by atoms with Crippen molar-refractivity contribution in [3.05, 3.63) is 6.10 Å². The molecule has 0 rings (SSSR count). The monoisotopic (exact) mass is 316 g/mol. The average molecular weight is 316 g/mol. The fraction of sp³-hybridized carbons (Fsp3) is 0.833. The molecule has 0 aromatic heterocycles. The molecule has 0 amide bonds. The standard InChI is InChI=1S/C6H13O10S2.Li/c7-1-3(17(11,12)13)5(9)6(10)4(2-8)18(14,15)16;/h3-5,7-10H,1-2H2,(H,11,12,13)(H,14,15,16);/q-1;+1. The van der Waals surface area contributed by atoms with E-state index in [-0.39, 0.29) is 18.9 Å². The average Bonchev–Trinajstić information content (AvgIpc) is 2.14. The normalized spacial score (nSPS) is 17.6. The summed E-state index contributed by atoms with van der Waals surface area (Å²) in [4.78, 5) is 0. The minimum Gasteiger partial charge on any atom is -0.559 e. The van der Waals surface area contributed by atoms with E-state index in [9.17, 15) is 27.0 Å². The van der Waals surface area contributed by atoms with E-state index in [0.717, 1.165) is 0 Å². The molecule has 6 N–H and O–H groups in total. The summed E-state index contributed by atoms with van der Waals surface area (Å²) in [5.74, 6) is 0. The van der Waals surface area contributed by atoms with E-state index in [1.54, 1.807) is 0 Å². The third kappa shape index (κ3) is 6.04. The summed E-state index contributed by atoms with van der Waals surface area (Å²) >= 11 is 0. The van der Waals surface area contributed by atoms with Crippen LogP contribution in [0.25, 0.3) is 0 Å². The van der Waals surface area contributed by atoms with Crippen molar-refractivity contribution in [2.75, 3.05) is 13.2 Å². The van der Waals surface area contributed by atoms with Crippen LogP contribution in [0.1, 0.15) is 0 Å². The zero-order chi connectivity index (χ0) is 14.7. The smallest absolute Gasteiger partial charge is 0.559 e. The van der Waals surface area contributed by atoms with Crippen molar-refractivity contribution in [1.82, 2.24) is 0 Å². The first-order valence-corrected chi connectivity index (χ1v) is 7.35. The molecule has 0 bridgehead atoms. The molecule has 0 aliphatic rings. The zero-order valence-corrected chi connectivity index (χ0v) is 11.4. The summed E-state index contributed by atoms with van der Waals surface area (Å²) < 4.78 is 60.0. The molecule has 13 heteroatoms. The predicted molar refractivity (Wildman–Crippen MR) is 56.0 cm³/mol. The molecule has 0 heterocycles. The molecule has 3 unspecified atom stereocenters. The van der Waals surface area contributed by atoms with Crippen LogP contribution in [0.4, 0.5) is 0 Å². The first-order chi connectivity index (χ1) is 7.96. The molecule has 0 saturated heterocycles. The molecule has 0 aliphatic heterocycles. The van der Waals surface area contributed by atoms with Crippen molar-refractivity contribution in [1.29, 1.82) is 0 Å². The van der Waals surface area contributed by atoms with Crippen LogP contribution in [0.3, 0.4) is 0 Å². The number of rotatable bonds is 7. The molecule has 0 aliphatic carbocycles. The Balaban J connectivity index is 0. The Labute approximate surface area is 121 Å². The molecule has 0 fully saturated rings. The van der Waals surface area contributed by atoms with Crippen LogP contribution in [0, 0.1) is 6.10 Å². The largest absolute Gasteiger partial charge is 1.00 e. The van der Waals surface area contributed by atoms with Crippen LogP contribution in [0.5, 0.6) is 0 Å². The van der Waals surface area contributed by atoms with Crippen LogP contribution < -0.4 is 18.9 Å². The van der Waals surface area contributed by atoms with E-state index in [1.165, 1.54) is 0 Å². The van der Waals surface area contributed by atoms with E-state index in [4.69, 9.17) is 19.3 Å². The molecule has 19 heavy (non-hydrogen) atoms. The third-order valence-electron chi connectivity index (χ3n) is 2.07. The second-order valence-electron chi connectivity index (χ2n) is 3.29. The van der Waals surface area contributed by atoms with Crippen molar-refractivity contribution >= 4 is 20.2 Å². The maximum atomic E-state index is 10.7. The molecule has 0 radical (unpaired) electrons. The minimum absolute atomic E-state index is 0. The zero-order valence-electron chi connectivity index (χ0n) is 9.78. The molecule has 110 valence electrons. The van der Waals surface area contributed by atoms with Crippen LogP contribution in [-0.4, -0.2) is 76.2 Å². The molecular weight excluding hydrogens is 303 g/mol. The molecule has 0 aromatic carbocycles. The number of hydrogen-bond donors (Lipinski definition) is 6. The predicted octanol–water partition coefficient (Wildman–Crippen LogP) is -6.25. The molecule has 0 spiro atoms. The van der Waals surface area contributed by atoms with Crippen LogP contribution in [-0.2, 0) is 20.2 Å². The van der Waals surface area contributed by atoms with Gasteiger partial charge in [-0.15, -0.1) is 6.10 Å². The van der Waals surface area contributed by atoms with Crippen molar-refractivity contribution in [3.8, 4) is 0 Å². The van der Waals surface area contributed by atoms with Gasteiger partial charge in [0.05, 0.1) is 6.61 Å². The summed E-state index contributed by atoms with van der Waals surface area (Å²) in [5, 5.41) is 31.2. The minimum atomic E-state index is -5.00. The second kappa shape index (κ2) is 7.89. The fourth-order valence-corrected chi connectivity index (χ4v) is 2.36. The summed E-state index contributed by atoms with van der Waals surface area (Å²) in [6, 6.07) is 0. The Bertz CT molecular complexity index is 414. The summed E-state index contributed by atoms with van der Waals surface area (Å²) in [7, 11) is -9.99. The molecule has 3 atom stereocenters. The van der Waals surface area contributed by atoms with E-state index in [0.29, 0.717) is 0 Å². The number of aliphatic hydroxyl groups is 4. The molecular formula is C6H13LiO10S2. The van der Waals surface area contributed by atoms with Gasteiger partial charge in [-0.25, -0.2) is 8.42 Å². The topological polar surface area (TPSA) is 190 Å². The van der Waals surface area contributed by atoms with Crippen LogP contribution in [0.2, 0.25) is 0 Å². The van der Waals surface area contributed by atoms with Crippen molar-refractivity contribution in [2.45, 2.75) is 16.6 Å². The van der Waals surface area contributed by atoms with Gasteiger partial charge in [-0.2, -0.15) is 8.42 Å². The van der Waals surface area contributed by atoms with Gasteiger partial charge in [0.25, 0.3) is 10.1 Å². The summed E-state index contributed by atoms with van der Waals surface area (Å²) in [6.45, 7) is -2.67. The van der Waals surface area contributed by atoms with Gasteiger partial charge in [0.2, 0.25) is 10.1 Å². The molecule has 0 saturated carbocycles. The van der Waals surface area contributed by atoms with Crippen LogP contribution in [0.15, 0.2) is 0 Å². The van der Waals surface area contributed by atoms with E-state index in [1.807, 2.05) is 0 Å². The Hall–Kier alpha value is 0.257. The molecule has 0 aromatic rings. The van der Waals surface area contributed by atoms with Gasteiger partial charge in [0.1, 0.15) is 5.25 Å². The molecule has 10 nitrogen and oxygen atoms in total. The first kappa shape index (κ1) is 21.6. The Morgan fingerprint density at radius 2 is 1.37 bits per heavy atom. The van der Waals surface area contributed by atoms with Crippen LogP contribution >= 0.6 is 0 Å². The second-order valence-corrected chi connectivity index (χ2v) is 6.53. The van der Waals surface area contributed by atoms with Crippen molar-refractivity contribution in [2.24, 2.45) is 0 Å². The van der Waals surface area contributed by atoms with Crippen molar-refractivity contribution < 1.29 is 65.2 Å². The van der Waals surface area contributed by atoms with E-state index >= 15 is 0 Å². The van der Waals surface area contributed by atoms with Gasteiger partial charge in [-0.05, 0) is 6.10 Å². The first-order valence-electron chi connectivity index (χ1n) is 4.34. The number of aliphatic hydroxyl groups excluding tert-OH is 4. The third-order valence-corrected chi connectivity index (χ3v) is 4.35.